The molecule has 3 saturated carbocycles. The molecule has 0 aromatic heterocycles. The van der Waals surface area contributed by atoms with Crippen molar-refractivity contribution in [2.24, 2.45) is 23.7 Å². The van der Waals surface area contributed by atoms with Crippen molar-refractivity contribution in [1.29, 1.82) is 0 Å². The zero-order valence-electron chi connectivity index (χ0n) is 20.4. The third kappa shape index (κ3) is 3.90. The van der Waals surface area contributed by atoms with Gasteiger partial charge in [-0.25, -0.2) is 0 Å². The van der Waals surface area contributed by atoms with Crippen molar-refractivity contribution in [2.45, 2.75) is 119 Å². The van der Waals surface area contributed by atoms with Gasteiger partial charge in [0.2, 0.25) is 0 Å². The maximum Gasteiger partial charge on any atom is 0.102 e. The van der Waals surface area contributed by atoms with E-state index in [1.54, 1.807) is 0 Å². The molecule has 1 aromatic rings. The van der Waals surface area contributed by atoms with E-state index in [1.807, 2.05) is 25.1 Å². The molecule has 3 unspecified atom stereocenters. The van der Waals surface area contributed by atoms with Crippen molar-refractivity contribution in [3.05, 3.63) is 35.9 Å². The van der Waals surface area contributed by atoms with Gasteiger partial charge in [-0.15, -0.1) is 0 Å². The van der Waals surface area contributed by atoms with Gasteiger partial charge in [0, 0.05) is 24.2 Å². The lowest BCUT2D eigenvalue weighted by molar-refractivity contribution is -0.0585. The minimum atomic E-state index is -0.841. The second-order valence-corrected chi connectivity index (χ2v) is 12.5. The lowest BCUT2D eigenvalue weighted by Crippen LogP contribution is -2.54. The molecular formula is C29H44N2O2. The Bertz CT molecular complexity index is 814. The highest BCUT2D eigenvalue weighted by Gasteiger charge is 2.55. The Morgan fingerprint density at radius 3 is 2.42 bits per heavy atom. The first-order valence-corrected chi connectivity index (χ1v) is 14.0. The van der Waals surface area contributed by atoms with Gasteiger partial charge in [0.1, 0.15) is 5.60 Å². The van der Waals surface area contributed by atoms with Crippen LogP contribution >= 0.6 is 0 Å². The molecule has 0 spiro atoms. The summed E-state index contributed by atoms with van der Waals surface area (Å²) in [6, 6.07) is 11.8. The number of hydrogen-bond donors (Lipinski definition) is 4. The molecule has 4 nitrogen and oxygen atoms in total. The minimum Gasteiger partial charge on any atom is -0.388 e. The Hall–Kier alpha value is -0.940. The molecule has 1 aromatic carbocycles. The van der Waals surface area contributed by atoms with Crippen LogP contribution in [0.3, 0.4) is 0 Å². The first-order valence-electron chi connectivity index (χ1n) is 14.0. The maximum atomic E-state index is 12.1. The Balaban J connectivity index is 1.14. The largest absolute Gasteiger partial charge is 0.388 e. The standard InChI is InChI=1S/C29H44N2O2/c1-28(32,22-9-3-2-4-10-22)26-18-21-16-19(13-14-25(21)30-26)23-11-7-15-29(23,33)27-17-20-8-5-6-12-24(20)31-27/h2-4,9-10,19-21,23-27,30-33H,5-8,11-18H2,1H3/t19?,20-,21-,23?,24-,25-,26-,27-,28+,29?/m0/s1. The fourth-order valence-corrected chi connectivity index (χ4v) is 8.95. The predicted molar refractivity (Wildman–Crippen MR) is 132 cm³/mol. The molecule has 182 valence electrons. The molecule has 4 N–H and O–H groups in total. The molecular weight excluding hydrogens is 408 g/mol. The quantitative estimate of drug-likeness (QED) is 0.543. The summed E-state index contributed by atoms with van der Waals surface area (Å²) in [7, 11) is 0. The van der Waals surface area contributed by atoms with E-state index in [0.29, 0.717) is 35.9 Å². The van der Waals surface area contributed by atoms with Crippen LogP contribution in [-0.4, -0.2) is 40.0 Å². The van der Waals surface area contributed by atoms with E-state index in [0.717, 1.165) is 24.3 Å². The fraction of sp³-hybridized carbons (Fsp3) is 0.793. The van der Waals surface area contributed by atoms with Crippen molar-refractivity contribution in [2.75, 3.05) is 0 Å². The van der Waals surface area contributed by atoms with E-state index in [9.17, 15) is 10.2 Å². The summed E-state index contributed by atoms with van der Waals surface area (Å²) in [5.74, 6) is 2.49. The topological polar surface area (TPSA) is 64.5 Å². The molecule has 2 heterocycles. The third-order valence-corrected chi connectivity index (χ3v) is 10.8. The fourth-order valence-electron chi connectivity index (χ4n) is 8.95. The van der Waals surface area contributed by atoms with Crippen LogP contribution in [0.2, 0.25) is 0 Å². The van der Waals surface area contributed by atoms with Gasteiger partial charge < -0.3 is 20.8 Å². The number of nitrogens with one attached hydrogen (secondary N) is 2. The predicted octanol–water partition coefficient (Wildman–Crippen LogP) is 4.49. The summed E-state index contributed by atoms with van der Waals surface area (Å²) < 4.78 is 0. The van der Waals surface area contributed by atoms with E-state index >= 15 is 0 Å². The lowest BCUT2D eigenvalue weighted by Gasteiger charge is -2.43. The Kier molecular flexibility index (Phi) is 5.88. The second kappa shape index (κ2) is 8.62. The highest BCUT2D eigenvalue weighted by atomic mass is 16.3. The maximum absolute atomic E-state index is 12.1. The number of aliphatic hydroxyl groups is 2. The van der Waals surface area contributed by atoms with Crippen LogP contribution in [0.5, 0.6) is 0 Å². The van der Waals surface area contributed by atoms with Crippen molar-refractivity contribution >= 4 is 0 Å². The number of benzene rings is 1. The molecule has 5 fully saturated rings. The Morgan fingerprint density at radius 2 is 1.61 bits per heavy atom. The molecule has 33 heavy (non-hydrogen) atoms. The summed E-state index contributed by atoms with van der Waals surface area (Å²) in [5.41, 5.74) is -0.334. The van der Waals surface area contributed by atoms with Crippen LogP contribution in [0.15, 0.2) is 30.3 Å². The van der Waals surface area contributed by atoms with Gasteiger partial charge in [0.05, 0.1) is 5.60 Å². The van der Waals surface area contributed by atoms with Gasteiger partial charge in [0.25, 0.3) is 0 Å². The summed E-state index contributed by atoms with van der Waals surface area (Å²) in [4.78, 5) is 0. The zero-order valence-corrected chi connectivity index (χ0v) is 20.4. The molecule has 0 radical (unpaired) electrons. The van der Waals surface area contributed by atoms with Gasteiger partial charge in [-0.3, -0.25) is 0 Å². The molecule has 0 amide bonds. The van der Waals surface area contributed by atoms with Crippen molar-refractivity contribution in [3.63, 3.8) is 0 Å². The number of hydrogen-bond acceptors (Lipinski definition) is 4. The molecule has 4 heteroatoms. The molecule has 2 saturated heterocycles. The summed E-state index contributed by atoms with van der Waals surface area (Å²) in [6.45, 7) is 1.98. The van der Waals surface area contributed by atoms with Crippen LogP contribution in [0.1, 0.15) is 89.5 Å². The van der Waals surface area contributed by atoms with Crippen LogP contribution in [-0.2, 0) is 5.60 Å². The van der Waals surface area contributed by atoms with Gasteiger partial charge >= 0.3 is 0 Å². The lowest BCUT2D eigenvalue weighted by atomic mass is 9.66. The van der Waals surface area contributed by atoms with E-state index in [2.05, 4.69) is 22.8 Å². The van der Waals surface area contributed by atoms with Gasteiger partial charge in [0.15, 0.2) is 0 Å². The highest BCUT2D eigenvalue weighted by molar-refractivity contribution is 5.24. The van der Waals surface area contributed by atoms with E-state index < -0.39 is 11.2 Å². The molecule has 2 aliphatic heterocycles. The Labute approximate surface area is 199 Å². The third-order valence-electron chi connectivity index (χ3n) is 10.8. The SMILES string of the molecule is C[C@@](O)(c1ccccc1)[C@@H]1C[C@@H]2CC(C3CCCC3(O)[C@@H]3C[C@@H]4CCCC[C@@H]4N3)CC[C@@H]2N1. The van der Waals surface area contributed by atoms with E-state index in [1.165, 1.54) is 64.2 Å². The molecule has 6 rings (SSSR count). The Morgan fingerprint density at radius 1 is 0.818 bits per heavy atom. The summed E-state index contributed by atoms with van der Waals surface area (Å²) >= 11 is 0. The first kappa shape index (κ1) is 22.5. The molecule has 0 bridgehead atoms. The second-order valence-electron chi connectivity index (χ2n) is 12.5. The molecule has 3 aliphatic carbocycles. The number of fused-ring (bicyclic) bond motifs is 2. The van der Waals surface area contributed by atoms with Crippen LogP contribution < -0.4 is 10.6 Å². The van der Waals surface area contributed by atoms with E-state index in [4.69, 9.17) is 0 Å². The van der Waals surface area contributed by atoms with Crippen molar-refractivity contribution in [1.82, 2.24) is 10.6 Å². The monoisotopic (exact) mass is 452 g/mol. The van der Waals surface area contributed by atoms with Crippen LogP contribution in [0, 0.1) is 23.7 Å². The van der Waals surface area contributed by atoms with Gasteiger partial charge in [-0.05, 0) is 93.9 Å². The first-order chi connectivity index (χ1) is 15.9. The molecule has 10 atom stereocenters. The highest BCUT2D eigenvalue weighted by Crippen LogP contribution is 2.52. The molecule has 5 aliphatic rings. The zero-order chi connectivity index (χ0) is 22.6. The average Bonchev–Trinajstić information content (AvgIpc) is 3.56. The van der Waals surface area contributed by atoms with E-state index in [-0.39, 0.29) is 6.04 Å². The van der Waals surface area contributed by atoms with Crippen molar-refractivity contribution in [3.8, 4) is 0 Å². The van der Waals surface area contributed by atoms with Gasteiger partial charge in [-0.1, -0.05) is 49.6 Å². The van der Waals surface area contributed by atoms with Gasteiger partial charge in [-0.2, -0.15) is 0 Å². The minimum absolute atomic E-state index is 0.107. The normalized spacial score (nSPS) is 47.1. The number of rotatable bonds is 4. The average molecular weight is 453 g/mol. The van der Waals surface area contributed by atoms with Crippen LogP contribution in [0.4, 0.5) is 0 Å². The van der Waals surface area contributed by atoms with Crippen molar-refractivity contribution < 1.29 is 10.2 Å². The smallest absolute Gasteiger partial charge is 0.102 e. The summed E-state index contributed by atoms with van der Waals surface area (Å²) in [6.07, 6.45) is 14.6. The summed E-state index contributed by atoms with van der Waals surface area (Å²) in [5, 5.41) is 31.3. The van der Waals surface area contributed by atoms with Crippen LogP contribution in [0.25, 0.3) is 0 Å².